The van der Waals surface area contributed by atoms with Gasteiger partial charge in [-0.25, -0.2) is 19.3 Å². The van der Waals surface area contributed by atoms with Crippen molar-refractivity contribution in [3.63, 3.8) is 0 Å². The molecule has 0 spiro atoms. The van der Waals surface area contributed by atoms with Crippen molar-refractivity contribution in [3.05, 3.63) is 84.0 Å². The predicted octanol–water partition coefficient (Wildman–Crippen LogP) is 4.74. The molecule has 0 atom stereocenters. The number of carbonyl (C=O) groups is 1. The second kappa shape index (κ2) is 8.43. The molecule has 3 aromatic heterocycles. The number of imidazole rings is 1. The number of nitrogens with zero attached hydrogens (tertiary/aromatic N) is 5. The molecule has 0 bridgehead atoms. The quantitative estimate of drug-likeness (QED) is 0.457. The van der Waals surface area contributed by atoms with Crippen molar-refractivity contribution in [1.82, 2.24) is 24.5 Å². The van der Waals surface area contributed by atoms with E-state index in [1.165, 1.54) is 6.20 Å². The molecule has 156 valence electrons. The van der Waals surface area contributed by atoms with E-state index in [1.54, 1.807) is 48.8 Å². The summed E-state index contributed by atoms with van der Waals surface area (Å²) in [6, 6.07) is 10.5. The van der Waals surface area contributed by atoms with Crippen LogP contribution < -0.4 is 5.32 Å². The van der Waals surface area contributed by atoms with Crippen LogP contribution >= 0.6 is 0 Å². The smallest absolute Gasteiger partial charge is 0.227 e. The predicted molar refractivity (Wildman–Crippen MR) is 116 cm³/mol. The largest absolute Gasteiger partial charge is 0.324 e. The van der Waals surface area contributed by atoms with Crippen LogP contribution in [0.4, 0.5) is 16.0 Å². The van der Waals surface area contributed by atoms with Crippen LogP contribution in [0.2, 0.25) is 0 Å². The lowest BCUT2D eigenvalue weighted by atomic mass is 10.0. The van der Waals surface area contributed by atoms with Crippen LogP contribution in [-0.4, -0.2) is 30.3 Å². The van der Waals surface area contributed by atoms with E-state index in [0.29, 0.717) is 22.5 Å². The highest BCUT2D eigenvalue weighted by Crippen LogP contribution is 2.26. The van der Waals surface area contributed by atoms with Gasteiger partial charge in [-0.1, -0.05) is 0 Å². The average molecular weight is 416 g/mol. The van der Waals surface area contributed by atoms with Crippen LogP contribution in [0.15, 0.2) is 61.2 Å². The van der Waals surface area contributed by atoms with E-state index < -0.39 is 5.82 Å². The fraction of sp³-hybridized carbons (Fsp3) is 0.174. The van der Waals surface area contributed by atoms with Gasteiger partial charge in [0.25, 0.3) is 0 Å². The van der Waals surface area contributed by atoms with Crippen LogP contribution in [0.5, 0.6) is 0 Å². The summed E-state index contributed by atoms with van der Waals surface area (Å²) in [5.74, 6) is 0.394. The molecule has 8 heteroatoms. The number of halogens is 1. The lowest BCUT2D eigenvalue weighted by Crippen LogP contribution is -2.08. The minimum atomic E-state index is -0.523. The molecule has 0 unspecified atom stereocenters. The van der Waals surface area contributed by atoms with E-state index in [1.807, 2.05) is 25.3 Å². The van der Waals surface area contributed by atoms with E-state index in [4.69, 9.17) is 0 Å². The molecule has 0 amide bonds. The molecule has 0 aliphatic rings. The first-order valence-electron chi connectivity index (χ1n) is 9.82. The maximum Gasteiger partial charge on any atom is 0.227 e. The van der Waals surface area contributed by atoms with Crippen molar-refractivity contribution in [3.8, 4) is 11.4 Å². The normalized spacial score (nSPS) is 11.0. The van der Waals surface area contributed by atoms with E-state index in [9.17, 15) is 9.18 Å². The van der Waals surface area contributed by atoms with Crippen LogP contribution in [0, 0.1) is 12.7 Å². The van der Waals surface area contributed by atoms with Crippen molar-refractivity contribution in [2.45, 2.75) is 26.8 Å². The van der Waals surface area contributed by atoms with Gasteiger partial charge in [-0.2, -0.15) is 0 Å². The van der Waals surface area contributed by atoms with Gasteiger partial charge >= 0.3 is 0 Å². The van der Waals surface area contributed by atoms with Gasteiger partial charge in [-0.05, 0) is 57.2 Å². The summed E-state index contributed by atoms with van der Waals surface area (Å²) in [7, 11) is 0. The van der Waals surface area contributed by atoms with E-state index >= 15 is 0 Å². The number of carbonyl (C=O) groups excluding carboxylic acids is 1. The Hall–Kier alpha value is -3.94. The first kappa shape index (κ1) is 20.3. The monoisotopic (exact) mass is 416 g/mol. The van der Waals surface area contributed by atoms with Crippen LogP contribution in [-0.2, 0) is 0 Å². The van der Waals surface area contributed by atoms with E-state index in [2.05, 4.69) is 25.3 Å². The number of benzene rings is 1. The van der Waals surface area contributed by atoms with Crippen molar-refractivity contribution >= 4 is 17.4 Å². The SMILES string of the molecule is Cc1ncc(-c2nc(Nc3ccc(C(=O)c4cccnc4)cc3)ncc2F)n1C(C)C. The maximum absolute atomic E-state index is 14.5. The summed E-state index contributed by atoms with van der Waals surface area (Å²) < 4.78 is 16.4. The molecule has 7 nitrogen and oxygen atoms in total. The van der Waals surface area contributed by atoms with Gasteiger partial charge in [-0.3, -0.25) is 9.78 Å². The molecule has 1 aromatic carbocycles. The molecular formula is C23H21FN6O. The third kappa shape index (κ3) is 4.18. The molecule has 0 aliphatic carbocycles. The average Bonchev–Trinajstić information content (AvgIpc) is 3.17. The van der Waals surface area contributed by atoms with Gasteiger partial charge in [0.2, 0.25) is 5.95 Å². The van der Waals surface area contributed by atoms with Crippen LogP contribution in [0.1, 0.15) is 41.6 Å². The number of ketones is 1. The van der Waals surface area contributed by atoms with Crippen LogP contribution in [0.3, 0.4) is 0 Å². The zero-order valence-corrected chi connectivity index (χ0v) is 17.4. The highest BCUT2D eigenvalue weighted by Gasteiger charge is 2.18. The van der Waals surface area contributed by atoms with Gasteiger partial charge in [-0.15, -0.1) is 0 Å². The Bertz CT molecular complexity index is 1220. The van der Waals surface area contributed by atoms with Gasteiger partial charge in [0.15, 0.2) is 11.6 Å². The fourth-order valence-corrected chi connectivity index (χ4v) is 3.39. The number of rotatable bonds is 6. The molecule has 4 aromatic rings. The summed E-state index contributed by atoms with van der Waals surface area (Å²) in [6.45, 7) is 5.88. The molecule has 0 saturated carbocycles. The van der Waals surface area contributed by atoms with Gasteiger partial charge < -0.3 is 9.88 Å². The lowest BCUT2D eigenvalue weighted by molar-refractivity contribution is 0.103. The zero-order valence-electron chi connectivity index (χ0n) is 17.4. The molecule has 4 rings (SSSR count). The van der Waals surface area contributed by atoms with Crippen LogP contribution in [0.25, 0.3) is 11.4 Å². The van der Waals surface area contributed by atoms with Gasteiger partial charge in [0, 0.05) is 35.2 Å². The highest BCUT2D eigenvalue weighted by atomic mass is 19.1. The molecule has 31 heavy (non-hydrogen) atoms. The first-order chi connectivity index (χ1) is 14.9. The molecule has 3 heterocycles. The molecular weight excluding hydrogens is 395 g/mol. The van der Waals surface area contributed by atoms with E-state index in [0.717, 1.165) is 12.0 Å². The minimum absolute atomic E-state index is 0.105. The molecule has 1 N–H and O–H groups in total. The summed E-state index contributed by atoms with van der Waals surface area (Å²) in [5.41, 5.74) is 2.50. The zero-order chi connectivity index (χ0) is 22.0. The lowest BCUT2D eigenvalue weighted by Gasteiger charge is -2.14. The number of hydrogen-bond acceptors (Lipinski definition) is 6. The van der Waals surface area contributed by atoms with Crippen molar-refractivity contribution < 1.29 is 9.18 Å². The minimum Gasteiger partial charge on any atom is -0.324 e. The molecule has 0 radical (unpaired) electrons. The molecule has 0 aliphatic heterocycles. The third-order valence-electron chi connectivity index (χ3n) is 4.81. The number of anilines is 2. The Balaban J connectivity index is 1.58. The second-order valence-corrected chi connectivity index (χ2v) is 7.32. The standard InChI is InChI=1S/C23H21FN6O/c1-14(2)30-15(3)26-13-20(30)21-19(24)12-27-23(29-21)28-18-8-6-16(7-9-18)22(31)17-5-4-10-25-11-17/h4-14H,1-3H3,(H,27,28,29). The van der Waals surface area contributed by atoms with Crippen molar-refractivity contribution in [2.75, 3.05) is 5.32 Å². The Morgan fingerprint density at radius 2 is 1.81 bits per heavy atom. The Morgan fingerprint density at radius 1 is 1.03 bits per heavy atom. The van der Waals surface area contributed by atoms with Gasteiger partial charge in [0.05, 0.1) is 18.1 Å². The Labute approximate surface area is 179 Å². The van der Waals surface area contributed by atoms with Crippen molar-refractivity contribution in [1.29, 1.82) is 0 Å². The highest BCUT2D eigenvalue weighted by molar-refractivity contribution is 6.08. The Morgan fingerprint density at radius 3 is 2.48 bits per heavy atom. The van der Waals surface area contributed by atoms with Crippen molar-refractivity contribution in [2.24, 2.45) is 0 Å². The maximum atomic E-state index is 14.5. The summed E-state index contributed by atoms with van der Waals surface area (Å²) in [6.07, 6.45) is 5.91. The summed E-state index contributed by atoms with van der Waals surface area (Å²) >= 11 is 0. The number of aromatic nitrogens is 5. The fourth-order valence-electron chi connectivity index (χ4n) is 3.39. The summed E-state index contributed by atoms with van der Waals surface area (Å²) in [4.78, 5) is 29.2. The number of nitrogens with one attached hydrogen (secondary N) is 1. The number of pyridine rings is 1. The molecule has 0 fully saturated rings. The van der Waals surface area contributed by atoms with Gasteiger partial charge in [0.1, 0.15) is 11.5 Å². The van der Waals surface area contributed by atoms with E-state index in [-0.39, 0.29) is 23.5 Å². The Kier molecular flexibility index (Phi) is 5.53. The molecule has 0 saturated heterocycles. The number of hydrogen-bond donors (Lipinski definition) is 1. The first-order valence-corrected chi connectivity index (χ1v) is 9.82. The topological polar surface area (TPSA) is 85.6 Å². The second-order valence-electron chi connectivity index (χ2n) is 7.32. The number of aryl methyl sites for hydroxylation is 1. The summed E-state index contributed by atoms with van der Waals surface area (Å²) in [5, 5.41) is 3.06. The third-order valence-corrected chi connectivity index (χ3v) is 4.81.